The van der Waals surface area contributed by atoms with Crippen molar-refractivity contribution in [3.63, 3.8) is 0 Å². The Morgan fingerprint density at radius 2 is 2.09 bits per heavy atom. The highest BCUT2D eigenvalue weighted by Gasteiger charge is 2.30. The second-order valence-electron chi connectivity index (χ2n) is 3.05. The Balaban J connectivity index is 2.49. The third kappa shape index (κ3) is 1.71. The molecule has 1 rings (SSSR count). The highest BCUT2D eigenvalue weighted by molar-refractivity contribution is 5.79. The number of hydrogen-bond donors (Lipinski definition) is 2. The molecule has 1 unspecified atom stereocenters. The summed E-state index contributed by atoms with van der Waals surface area (Å²) >= 11 is 0. The van der Waals surface area contributed by atoms with Gasteiger partial charge in [-0.1, -0.05) is 6.42 Å². The standard InChI is InChI=1S/C8H16N2O/c1-9-7-5-3-4-6(7)8(11)10-2/h6-7,9H,3-5H2,1-2H3,(H,10,11)/t6-,7?/m1/s1. The first-order valence-electron chi connectivity index (χ1n) is 4.18. The summed E-state index contributed by atoms with van der Waals surface area (Å²) in [7, 11) is 3.62. The smallest absolute Gasteiger partial charge is 0.224 e. The third-order valence-corrected chi connectivity index (χ3v) is 2.47. The van der Waals surface area contributed by atoms with E-state index in [2.05, 4.69) is 10.6 Å². The summed E-state index contributed by atoms with van der Waals surface area (Å²) in [5.74, 6) is 0.381. The van der Waals surface area contributed by atoms with E-state index in [1.165, 1.54) is 6.42 Å². The van der Waals surface area contributed by atoms with Crippen molar-refractivity contribution < 1.29 is 4.79 Å². The molecule has 1 aliphatic rings. The molecule has 0 bridgehead atoms. The van der Waals surface area contributed by atoms with Crippen LogP contribution in [0.25, 0.3) is 0 Å². The highest BCUT2D eigenvalue weighted by Crippen LogP contribution is 2.25. The molecule has 0 aliphatic heterocycles. The molecule has 3 nitrogen and oxygen atoms in total. The van der Waals surface area contributed by atoms with E-state index in [0.29, 0.717) is 6.04 Å². The van der Waals surface area contributed by atoms with Gasteiger partial charge in [-0.25, -0.2) is 0 Å². The van der Waals surface area contributed by atoms with Crippen molar-refractivity contribution in [3.8, 4) is 0 Å². The van der Waals surface area contributed by atoms with Gasteiger partial charge < -0.3 is 10.6 Å². The van der Waals surface area contributed by atoms with Gasteiger partial charge in [0.05, 0.1) is 5.92 Å². The predicted octanol–water partition coefficient (Wildman–Crippen LogP) is 0.120. The number of carbonyl (C=O) groups is 1. The average Bonchev–Trinajstić information content (AvgIpc) is 2.50. The van der Waals surface area contributed by atoms with Crippen molar-refractivity contribution in [2.45, 2.75) is 25.3 Å². The molecule has 11 heavy (non-hydrogen) atoms. The fourth-order valence-corrected chi connectivity index (χ4v) is 1.80. The normalized spacial score (nSPS) is 30.4. The number of carbonyl (C=O) groups excluding carboxylic acids is 1. The maximum absolute atomic E-state index is 11.2. The van der Waals surface area contributed by atoms with E-state index in [0.717, 1.165) is 12.8 Å². The lowest BCUT2D eigenvalue weighted by Crippen LogP contribution is -2.38. The Hall–Kier alpha value is -0.570. The lowest BCUT2D eigenvalue weighted by atomic mass is 10.0. The van der Waals surface area contributed by atoms with Gasteiger partial charge in [0.25, 0.3) is 0 Å². The summed E-state index contributed by atoms with van der Waals surface area (Å²) in [5, 5.41) is 5.86. The van der Waals surface area contributed by atoms with Crippen LogP contribution in [0.5, 0.6) is 0 Å². The van der Waals surface area contributed by atoms with Crippen LogP contribution in [0.2, 0.25) is 0 Å². The lowest BCUT2D eigenvalue weighted by Gasteiger charge is -2.16. The highest BCUT2D eigenvalue weighted by atomic mass is 16.1. The SMILES string of the molecule is CNC(=O)[C@@H]1CCCC1NC. The summed E-state index contributed by atoms with van der Waals surface area (Å²) < 4.78 is 0. The van der Waals surface area contributed by atoms with E-state index >= 15 is 0 Å². The zero-order chi connectivity index (χ0) is 8.27. The van der Waals surface area contributed by atoms with Gasteiger partial charge in [0, 0.05) is 13.1 Å². The molecule has 0 saturated heterocycles. The first kappa shape index (κ1) is 8.53. The molecular weight excluding hydrogens is 140 g/mol. The van der Waals surface area contributed by atoms with Crippen LogP contribution in [0.15, 0.2) is 0 Å². The Kier molecular flexibility index (Phi) is 2.88. The summed E-state index contributed by atoms with van der Waals surface area (Å²) in [6.07, 6.45) is 3.34. The first-order chi connectivity index (χ1) is 5.29. The van der Waals surface area contributed by atoms with E-state index in [4.69, 9.17) is 0 Å². The van der Waals surface area contributed by atoms with Gasteiger partial charge in [-0.3, -0.25) is 4.79 Å². The molecule has 0 aromatic carbocycles. The van der Waals surface area contributed by atoms with Crippen molar-refractivity contribution in [1.29, 1.82) is 0 Å². The Morgan fingerprint density at radius 1 is 1.36 bits per heavy atom. The summed E-state index contributed by atoms with van der Waals surface area (Å²) in [6.45, 7) is 0. The third-order valence-electron chi connectivity index (χ3n) is 2.47. The summed E-state index contributed by atoms with van der Waals surface area (Å²) in [6, 6.07) is 0.398. The zero-order valence-corrected chi connectivity index (χ0v) is 7.18. The fraction of sp³-hybridized carbons (Fsp3) is 0.875. The van der Waals surface area contributed by atoms with Gasteiger partial charge in [0.15, 0.2) is 0 Å². The zero-order valence-electron chi connectivity index (χ0n) is 7.18. The second kappa shape index (κ2) is 3.72. The molecule has 3 heteroatoms. The molecule has 1 amide bonds. The van der Waals surface area contributed by atoms with Gasteiger partial charge in [-0.15, -0.1) is 0 Å². The largest absolute Gasteiger partial charge is 0.359 e. The van der Waals surface area contributed by atoms with Gasteiger partial charge in [0.2, 0.25) is 5.91 Å². The molecular formula is C8H16N2O. The number of amides is 1. The van der Waals surface area contributed by atoms with E-state index in [1.54, 1.807) is 7.05 Å². The van der Waals surface area contributed by atoms with Crippen LogP contribution in [0.3, 0.4) is 0 Å². The molecule has 64 valence electrons. The monoisotopic (exact) mass is 156 g/mol. The Bertz CT molecular complexity index is 147. The summed E-state index contributed by atoms with van der Waals surface area (Å²) in [5.41, 5.74) is 0. The maximum atomic E-state index is 11.2. The molecule has 0 heterocycles. The molecule has 1 aliphatic carbocycles. The van der Waals surface area contributed by atoms with Crippen LogP contribution in [0, 0.1) is 5.92 Å². The maximum Gasteiger partial charge on any atom is 0.224 e. The van der Waals surface area contributed by atoms with Crippen molar-refractivity contribution in [2.24, 2.45) is 5.92 Å². The van der Waals surface area contributed by atoms with Crippen LogP contribution in [0.1, 0.15) is 19.3 Å². The second-order valence-corrected chi connectivity index (χ2v) is 3.05. The number of nitrogens with one attached hydrogen (secondary N) is 2. The van der Waals surface area contributed by atoms with Gasteiger partial charge >= 0.3 is 0 Å². The van der Waals surface area contributed by atoms with Gasteiger partial charge in [-0.2, -0.15) is 0 Å². The van der Waals surface area contributed by atoms with E-state index < -0.39 is 0 Å². The van der Waals surface area contributed by atoms with Gasteiger partial charge in [-0.05, 0) is 19.9 Å². The van der Waals surface area contributed by atoms with E-state index in [9.17, 15) is 4.79 Å². The van der Waals surface area contributed by atoms with Gasteiger partial charge in [0.1, 0.15) is 0 Å². The number of rotatable bonds is 2. The molecule has 0 spiro atoms. The minimum atomic E-state index is 0.182. The predicted molar refractivity (Wildman–Crippen MR) is 44.3 cm³/mol. The summed E-state index contributed by atoms with van der Waals surface area (Å²) in [4.78, 5) is 11.2. The number of hydrogen-bond acceptors (Lipinski definition) is 2. The van der Waals surface area contributed by atoms with Crippen LogP contribution < -0.4 is 10.6 Å². The van der Waals surface area contributed by atoms with Crippen LogP contribution in [-0.4, -0.2) is 26.0 Å². The minimum absolute atomic E-state index is 0.182. The van der Waals surface area contributed by atoms with Crippen molar-refractivity contribution in [1.82, 2.24) is 10.6 Å². The quantitative estimate of drug-likeness (QED) is 0.596. The average molecular weight is 156 g/mol. The minimum Gasteiger partial charge on any atom is -0.359 e. The fourth-order valence-electron chi connectivity index (χ4n) is 1.80. The van der Waals surface area contributed by atoms with Crippen LogP contribution in [0.4, 0.5) is 0 Å². The van der Waals surface area contributed by atoms with Crippen molar-refractivity contribution in [2.75, 3.05) is 14.1 Å². The van der Waals surface area contributed by atoms with E-state index in [-0.39, 0.29) is 11.8 Å². The van der Waals surface area contributed by atoms with Crippen LogP contribution >= 0.6 is 0 Å². The van der Waals surface area contributed by atoms with Crippen molar-refractivity contribution in [3.05, 3.63) is 0 Å². The molecule has 1 saturated carbocycles. The molecule has 1 fully saturated rings. The molecule has 0 radical (unpaired) electrons. The van der Waals surface area contributed by atoms with Crippen LogP contribution in [-0.2, 0) is 4.79 Å². The topological polar surface area (TPSA) is 41.1 Å². The van der Waals surface area contributed by atoms with E-state index in [1.807, 2.05) is 7.05 Å². The Labute approximate surface area is 67.5 Å². The van der Waals surface area contributed by atoms with Crippen molar-refractivity contribution >= 4 is 5.91 Å². The molecule has 2 N–H and O–H groups in total. The lowest BCUT2D eigenvalue weighted by molar-refractivity contribution is -0.124. The molecule has 0 aromatic heterocycles. The molecule has 2 atom stereocenters. The molecule has 0 aromatic rings. The Morgan fingerprint density at radius 3 is 2.64 bits per heavy atom. The first-order valence-corrected chi connectivity index (χ1v) is 4.18.